The Morgan fingerprint density at radius 3 is 2.39 bits per heavy atom. The minimum absolute atomic E-state index is 0.0795. The van der Waals surface area contributed by atoms with Crippen molar-refractivity contribution in [1.29, 1.82) is 0 Å². The highest BCUT2D eigenvalue weighted by atomic mass is 19.1. The molecule has 0 aliphatic carbocycles. The summed E-state index contributed by atoms with van der Waals surface area (Å²) in [6, 6.07) is 9.45. The quantitative estimate of drug-likeness (QED) is 0.482. The van der Waals surface area contributed by atoms with E-state index in [1.807, 2.05) is 45.2 Å². The molecule has 0 fully saturated rings. The summed E-state index contributed by atoms with van der Waals surface area (Å²) in [5.41, 5.74) is 4.20. The molecule has 0 saturated carbocycles. The van der Waals surface area contributed by atoms with Crippen molar-refractivity contribution in [3.8, 4) is 0 Å². The molecule has 3 heterocycles. The smallest absolute Gasteiger partial charge is 0.328 e. The molecule has 1 N–H and O–H groups in total. The summed E-state index contributed by atoms with van der Waals surface area (Å²) >= 11 is 0. The fraction of sp³-hybridized carbons (Fsp3) is 0.261. The third-order valence-electron chi connectivity index (χ3n) is 6.16. The van der Waals surface area contributed by atoms with Crippen LogP contribution in [0.5, 0.6) is 0 Å². The second-order valence-electron chi connectivity index (χ2n) is 8.12. The third-order valence-corrected chi connectivity index (χ3v) is 6.16. The molecule has 7 nitrogen and oxygen atoms in total. The number of anilines is 1. The first-order chi connectivity index (χ1) is 14.8. The largest absolute Gasteiger partial charge is 0.361 e. The lowest BCUT2D eigenvalue weighted by Crippen LogP contribution is -2.19. The van der Waals surface area contributed by atoms with E-state index in [0.29, 0.717) is 11.2 Å². The summed E-state index contributed by atoms with van der Waals surface area (Å²) in [5, 5.41) is 14.6. The monoisotopic (exact) mass is 418 g/mol. The number of hydrogen-bond donors (Lipinski definition) is 1. The fourth-order valence-corrected chi connectivity index (χ4v) is 4.46. The van der Waals surface area contributed by atoms with Gasteiger partial charge in [0.25, 0.3) is 0 Å². The van der Waals surface area contributed by atoms with Crippen molar-refractivity contribution in [2.45, 2.75) is 19.9 Å². The lowest BCUT2D eigenvalue weighted by Gasteiger charge is -2.18. The van der Waals surface area contributed by atoms with Gasteiger partial charge in [0.2, 0.25) is 0 Å². The van der Waals surface area contributed by atoms with Crippen LogP contribution >= 0.6 is 0 Å². The van der Waals surface area contributed by atoms with Crippen LogP contribution in [0.15, 0.2) is 41.3 Å². The molecule has 158 valence electrons. The van der Waals surface area contributed by atoms with Crippen LogP contribution in [0, 0.1) is 12.7 Å². The van der Waals surface area contributed by atoms with Gasteiger partial charge in [0.1, 0.15) is 5.82 Å². The second kappa shape index (κ2) is 6.66. The predicted molar refractivity (Wildman–Crippen MR) is 121 cm³/mol. The van der Waals surface area contributed by atoms with Crippen molar-refractivity contribution >= 4 is 38.5 Å². The van der Waals surface area contributed by atoms with E-state index in [9.17, 15) is 9.18 Å². The third kappa shape index (κ3) is 2.74. The molecule has 8 heteroatoms. The Kier molecular flexibility index (Phi) is 4.15. The number of fused-ring (bicyclic) bond motifs is 3. The van der Waals surface area contributed by atoms with Crippen LogP contribution < -0.4 is 11.0 Å². The average molecular weight is 418 g/mol. The molecule has 5 aromatic rings. The molecule has 3 aromatic heterocycles. The highest BCUT2D eigenvalue weighted by molar-refractivity contribution is 6.01. The number of imidazole rings is 1. The van der Waals surface area contributed by atoms with Gasteiger partial charge in [0, 0.05) is 43.5 Å². The molecule has 0 radical (unpaired) electrons. The molecule has 0 spiro atoms. The van der Waals surface area contributed by atoms with E-state index in [-0.39, 0.29) is 17.5 Å². The van der Waals surface area contributed by atoms with Gasteiger partial charge in [-0.25, -0.2) is 9.18 Å². The molecule has 0 bridgehead atoms. The van der Waals surface area contributed by atoms with E-state index in [2.05, 4.69) is 15.5 Å². The van der Waals surface area contributed by atoms with Gasteiger partial charge in [-0.3, -0.25) is 9.13 Å². The highest BCUT2D eigenvalue weighted by Crippen LogP contribution is 2.32. The highest BCUT2D eigenvalue weighted by Gasteiger charge is 2.18. The number of aromatic nitrogens is 5. The van der Waals surface area contributed by atoms with Crippen molar-refractivity contribution in [3.63, 3.8) is 0 Å². The first kappa shape index (κ1) is 19.3. The van der Waals surface area contributed by atoms with Crippen LogP contribution in [0.3, 0.4) is 0 Å². The molecule has 5 rings (SSSR count). The Hall–Kier alpha value is -3.68. The molecule has 31 heavy (non-hydrogen) atoms. The van der Waals surface area contributed by atoms with Gasteiger partial charge in [-0.15, -0.1) is 5.10 Å². The van der Waals surface area contributed by atoms with Crippen molar-refractivity contribution in [3.05, 3.63) is 64.1 Å². The summed E-state index contributed by atoms with van der Waals surface area (Å²) in [6.07, 6.45) is 1.49. The number of nitrogens with one attached hydrogen (secondary N) is 1. The predicted octanol–water partition coefficient (Wildman–Crippen LogP) is 3.93. The maximum absolute atomic E-state index is 14.3. The Balaban J connectivity index is 1.68. The van der Waals surface area contributed by atoms with E-state index in [4.69, 9.17) is 0 Å². The van der Waals surface area contributed by atoms with E-state index in [1.165, 1.54) is 6.20 Å². The maximum atomic E-state index is 14.3. The van der Waals surface area contributed by atoms with Gasteiger partial charge >= 0.3 is 5.69 Å². The summed E-state index contributed by atoms with van der Waals surface area (Å²) in [6.45, 7) is 3.92. The molecule has 2 aromatic carbocycles. The lowest BCUT2D eigenvalue weighted by atomic mass is 10.0. The zero-order valence-corrected chi connectivity index (χ0v) is 18.1. The standard InChI is InChI=1S/C23H23FN6O/c1-12(14-7-6-8-15-18(24)11-28(3)21(14)15)25-22-17-10-20-19(29(4)23(31)30(20)5)9-16(17)13(2)26-27-22/h6-12H,1-5H3,(H,25,27)/t12-/m1/s1. The first-order valence-corrected chi connectivity index (χ1v) is 10.1. The molecule has 0 saturated heterocycles. The Labute approximate surface area is 177 Å². The summed E-state index contributed by atoms with van der Waals surface area (Å²) < 4.78 is 19.3. The van der Waals surface area contributed by atoms with Crippen LogP contribution in [-0.2, 0) is 21.1 Å². The van der Waals surface area contributed by atoms with E-state index in [1.54, 1.807) is 33.9 Å². The van der Waals surface area contributed by atoms with Crippen LogP contribution in [0.4, 0.5) is 10.2 Å². The number of aryl methyl sites for hydroxylation is 4. The average Bonchev–Trinajstić information content (AvgIpc) is 3.17. The molecule has 1 atom stereocenters. The Morgan fingerprint density at radius 2 is 1.68 bits per heavy atom. The Bertz CT molecular complexity index is 1560. The van der Waals surface area contributed by atoms with Crippen molar-refractivity contribution in [1.82, 2.24) is 23.9 Å². The van der Waals surface area contributed by atoms with Gasteiger partial charge in [-0.1, -0.05) is 12.1 Å². The summed E-state index contributed by atoms with van der Waals surface area (Å²) in [7, 11) is 5.37. The number of hydrogen-bond acceptors (Lipinski definition) is 4. The summed E-state index contributed by atoms with van der Waals surface area (Å²) in [5.74, 6) is 0.387. The SMILES string of the molecule is Cc1nnc(N[C@H](C)c2cccc3c(F)cn(C)c23)c2cc3c(cc12)n(C)c(=O)n3C. The summed E-state index contributed by atoms with van der Waals surface area (Å²) in [4.78, 5) is 12.4. The number of nitrogens with zero attached hydrogens (tertiary/aromatic N) is 5. The van der Waals surface area contributed by atoms with Gasteiger partial charge in [0.05, 0.1) is 28.3 Å². The lowest BCUT2D eigenvalue weighted by molar-refractivity contribution is 0.633. The first-order valence-electron chi connectivity index (χ1n) is 10.1. The zero-order chi connectivity index (χ0) is 22.0. The topological polar surface area (TPSA) is 69.7 Å². The number of rotatable bonds is 3. The molecular formula is C23H23FN6O. The van der Waals surface area contributed by atoms with Crippen LogP contribution in [0.2, 0.25) is 0 Å². The molecule has 0 aliphatic rings. The number of halogens is 1. The minimum Gasteiger partial charge on any atom is -0.361 e. The van der Waals surface area contributed by atoms with E-state index >= 15 is 0 Å². The molecule has 0 amide bonds. The van der Waals surface area contributed by atoms with Crippen molar-refractivity contribution in [2.24, 2.45) is 21.1 Å². The van der Waals surface area contributed by atoms with E-state index in [0.717, 1.165) is 38.6 Å². The van der Waals surface area contributed by atoms with Crippen molar-refractivity contribution < 1.29 is 4.39 Å². The minimum atomic E-state index is -0.237. The zero-order valence-electron chi connectivity index (χ0n) is 18.1. The second-order valence-corrected chi connectivity index (χ2v) is 8.12. The number of para-hydroxylation sites is 1. The van der Waals surface area contributed by atoms with Crippen LogP contribution in [0.1, 0.15) is 24.2 Å². The van der Waals surface area contributed by atoms with Gasteiger partial charge < -0.3 is 9.88 Å². The van der Waals surface area contributed by atoms with Crippen LogP contribution in [0.25, 0.3) is 32.7 Å². The fourth-order valence-electron chi connectivity index (χ4n) is 4.46. The molecule has 0 unspecified atom stereocenters. The normalized spacial score (nSPS) is 12.8. The van der Waals surface area contributed by atoms with Crippen molar-refractivity contribution in [2.75, 3.05) is 5.32 Å². The number of benzene rings is 2. The van der Waals surface area contributed by atoms with Gasteiger partial charge in [0.15, 0.2) is 5.82 Å². The van der Waals surface area contributed by atoms with E-state index < -0.39 is 0 Å². The van der Waals surface area contributed by atoms with Gasteiger partial charge in [-0.2, -0.15) is 5.10 Å². The molecular weight excluding hydrogens is 395 g/mol. The maximum Gasteiger partial charge on any atom is 0.328 e. The van der Waals surface area contributed by atoms with Gasteiger partial charge in [-0.05, 0) is 37.6 Å². The van der Waals surface area contributed by atoms with Crippen LogP contribution in [-0.4, -0.2) is 23.9 Å². The molecule has 0 aliphatic heterocycles. The Morgan fingerprint density at radius 1 is 1.00 bits per heavy atom.